The van der Waals surface area contributed by atoms with Crippen LogP contribution >= 0.6 is 23.4 Å². The number of nitrogens with two attached hydrogens (primary N) is 1. The van der Waals surface area contributed by atoms with E-state index >= 15 is 0 Å². The van der Waals surface area contributed by atoms with Crippen molar-refractivity contribution in [3.63, 3.8) is 0 Å². The van der Waals surface area contributed by atoms with Gasteiger partial charge in [-0.3, -0.25) is 0 Å². The van der Waals surface area contributed by atoms with E-state index in [2.05, 4.69) is 12.1 Å². The van der Waals surface area contributed by atoms with Crippen LogP contribution in [0.5, 0.6) is 0 Å². The molecule has 2 N–H and O–H groups in total. The average Bonchev–Trinajstić information content (AvgIpc) is 2.40. The second kappa shape index (κ2) is 6.83. The third-order valence-electron chi connectivity index (χ3n) is 3.69. The van der Waals surface area contributed by atoms with E-state index in [0.717, 1.165) is 27.2 Å². The summed E-state index contributed by atoms with van der Waals surface area (Å²) in [7, 11) is 0. The van der Waals surface area contributed by atoms with Gasteiger partial charge in [-0.05, 0) is 37.0 Å². The first-order chi connectivity index (χ1) is 8.66. The molecule has 1 saturated carbocycles. The molecule has 3 heteroatoms. The van der Waals surface area contributed by atoms with Gasteiger partial charge in [-0.1, -0.05) is 43.0 Å². The van der Waals surface area contributed by atoms with Crippen molar-refractivity contribution in [3.8, 4) is 0 Å². The molecule has 0 saturated heterocycles. The molecule has 0 amide bonds. The maximum atomic E-state index is 6.25. The summed E-state index contributed by atoms with van der Waals surface area (Å²) in [6.45, 7) is 2.02. The van der Waals surface area contributed by atoms with Gasteiger partial charge in [0.05, 0.1) is 0 Å². The molecule has 100 valence electrons. The van der Waals surface area contributed by atoms with Crippen molar-refractivity contribution in [2.24, 2.45) is 5.73 Å². The smallest absolute Gasteiger partial charge is 0.0438 e. The number of hydrogen-bond acceptors (Lipinski definition) is 2. The highest BCUT2D eigenvalue weighted by Gasteiger charge is 2.16. The third kappa shape index (κ3) is 3.91. The molecule has 0 radical (unpaired) electrons. The molecule has 1 fully saturated rings. The lowest BCUT2D eigenvalue weighted by atomic mass is 10.0. The molecule has 1 nitrogen and oxygen atoms in total. The largest absolute Gasteiger partial charge is 0.323 e. The van der Waals surface area contributed by atoms with Crippen LogP contribution < -0.4 is 5.73 Å². The van der Waals surface area contributed by atoms with Crippen molar-refractivity contribution in [3.05, 3.63) is 34.3 Å². The monoisotopic (exact) mass is 283 g/mol. The molecule has 0 heterocycles. The van der Waals surface area contributed by atoms with Crippen LogP contribution in [-0.2, 0) is 0 Å². The van der Waals surface area contributed by atoms with Crippen molar-refractivity contribution < 1.29 is 0 Å². The quantitative estimate of drug-likeness (QED) is 0.866. The molecule has 1 aromatic rings. The zero-order valence-corrected chi connectivity index (χ0v) is 12.6. The van der Waals surface area contributed by atoms with Crippen molar-refractivity contribution in [1.82, 2.24) is 0 Å². The Bertz CT molecular complexity index is 388. The highest BCUT2D eigenvalue weighted by Crippen LogP contribution is 2.31. The molecule has 1 aliphatic carbocycles. The van der Waals surface area contributed by atoms with Gasteiger partial charge in [0.25, 0.3) is 0 Å². The summed E-state index contributed by atoms with van der Waals surface area (Å²) in [6, 6.07) is 6.29. The molecule has 0 aromatic heterocycles. The maximum absolute atomic E-state index is 6.25. The fourth-order valence-corrected chi connectivity index (χ4v) is 3.94. The molecule has 2 rings (SSSR count). The van der Waals surface area contributed by atoms with Crippen molar-refractivity contribution in [2.75, 3.05) is 5.75 Å². The summed E-state index contributed by atoms with van der Waals surface area (Å²) in [5, 5.41) is 1.65. The predicted octanol–water partition coefficient (Wildman–Crippen LogP) is 4.71. The van der Waals surface area contributed by atoms with Gasteiger partial charge in [-0.2, -0.15) is 11.8 Å². The molecule has 1 unspecified atom stereocenters. The van der Waals surface area contributed by atoms with Gasteiger partial charge in [0.15, 0.2) is 0 Å². The topological polar surface area (TPSA) is 26.0 Å². The van der Waals surface area contributed by atoms with Crippen LogP contribution in [0.1, 0.15) is 49.3 Å². The Morgan fingerprint density at radius 2 is 2.06 bits per heavy atom. The number of rotatable bonds is 4. The second-order valence-electron chi connectivity index (χ2n) is 5.21. The Kier molecular flexibility index (Phi) is 5.40. The summed E-state index contributed by atoms with van der Waals surface area (Å²) in [6.07, 6.45) is 6.93. The average molecular weight is 284 g/mol. The standard InChI is InChI=1S/C15H22ClNS/c1-11-7-8-12(9-14(11)16)15(17)10-18-13-5-3-2-4-6-13/h7-9,13,15H,2-6,10,17H2,1H3. The fourth-order valence-electron chi connectivity index (χ4n) is 2.41. The lowest BCUT2D eigenvalue weighted by Crippen LogP contribution is -2.17. The summed E-state index contributed by atoms with van der Waals surface area (Å²) in [5.41, 5.74) is 8.53. The van der Waals surface area contributed by atoms with Crippen LogP contribution in [0.4, 0.5) is 0 Å². The van der Waals surface area contributed by atoms with Crippen molar-refractivity contribution in [1.29, 1.82) is 0 Å². The van der Waals surface area contributed by atoms with E-state index in [9.17, 15) is 0 Å². The van der Waals surface area contributed by atoms with E-state index in [-0.39, 0.29) is 6.04 Å². The number of halogens is 1. The van der Waals surface area contributed by atoms with Gasteiger partial charge in [-0.25, -0.2) is 0 Å². The second-order valence-corrected chi connectivity index (χ2v) is 6.95. The minimum Gasteiger partial charge on any atom is -0.323 e. The first kappa shape index (κ1) is 14.2. The van der Waals surface area contributed by atoms with Crippen molar-refractivity contribution >= 4 is 23.4 Å². The molecule has 0 spiro atoms. The lowest BCUT2D eigenvalue weighted by Gasteiger charge is -2.22. The number of benzene rings is 1. The van der Waals surface area contributed by atoms with E-state index in [1.165, 1.54) is 32.1 Å². The summed E-state index contributed by atoms with van der Waals surface area (Å²) in [5.74, 6) is 1.00. The summed E-state index contributed by atoms with van der Waals surface area (Å²) < 4.78 is 0. The molecule has 18 heavy (non-hydrogen) atoms. The van der Waals surface area contributed by atoms with Gasteiger partial charge in [0.1, 0.15) is 0 Å². The Morgan fingerprint density at radius 1 is 1.33 bits per heavy atom. The van der Waals surface area contributed by atoms with Crippen LogP contribution in [0.15, 0.2) is 18.2 Å². The first-order valence-electron chi connectivity index (χ1n) is 6.80. The lowest BCUT2D eigenvalue weighted by molar-refractivity contribution is 0.515. The minimum atomic E-state index is 0.107. The maximum Gasteiger partial charge on any atom is 0.0438 e. The Balaban J connectivity index is 1.86. The molecule has 0 aliphatic heterocycles. The molecule has 1 aliphatic rings. The number of thioether (sulfide) groups is 1. The van der Waals surface area contributed by atoms with Gasteiger partial charge in [0.2, 0.25) is 0 Å². The Morgan fingerprint density at radius 3 is 2.72 bits per heavy atom. The number of hydrogen-bond donors (Lipinski definition) is 1. The highest BCUT2D eigenvalue weighted by atomic mass is 35.5. The van der Waals surface area contributed by atoms with E-state index in [4.69, 9.17) is 17.3 Å². The van der Waals surface area contributed by atoms with E-state index in [1.807, 2.05) is 24.8 Å². The zero-order valence-electron chi connectivity index (χ0n) is 11.0. The third-order valence-corrected chi connectivity index (χ3v) is 5.59. The molecular weight excluding hydrogens is 262 g/mol. The van der Waals surface area contributed by atoms with Crippen LogP contribution in [0, 0.1) is 6.92 Å². The molecule has 1 atom stereocenters. The zero-order chi connectivity index (χ0) is 13.0. The fraction of sp³-hybridized carbons (Fsp3) is 0.600. The molecule has 0 bridgehead atoms. The summed E-state index contributed by atoms with van der Waals surface area (Å²) >= 11 is 8.19. The first-order valence-corrected chi connectivity index (χ1v) is 8.22. The molecular formula is C15H22ClNS. The van der Waals surface area contributed by atoms with Crippen LogP contribution in [-0.4, -0.2) is 11.0 Å². The minimum absolute atomic E-state index is 0.107. The van der Waals surface area contributed by atoms with Crippen LogP contribution in [0.3, 0.4) is 0 Å². The molecule has 1 aromatic carbocycles. The number of aryl methyl sites for hydroxylation is 1. The van der Waals surface area contributed by atoms with E-state index in [0.29, 0.717) is 0 Å². The highest BCUT2D eigenvalue weighted by molar-refractivity contribution is 7.99. The predicted molar refractivity (Wildman–Crippen MR) is 82.4 cm³/mol. The van der Waals surface area contributed by atoms with E-state index in [1.54, 1.807) is 0 Å². The van der Waals surface area contributed by atoms with Crippen LogP contribution in [0.2, 0.25) is 5.02 Å². The van der Waals surface area contributed by atoms with Crippen LogP contribution in [0.25, 0.3) is 0 Å². The van der Waals surface area contributed by atoms with Gasteiger partial charge in [0, 0.05) is 22.1 Å². The Labute approximate surface area is 119 Å². The Hall–Kier alpha value is -0.180. The van der Waals surface area contributed by atoms with Gasteiger partial charge >= 0.3 is 0 Å². The van der Waals surface area contributed by atoms with Gasteiger partial charge in [-0.15, -0.1) is 0 Å². The summed E-state index contributed by atoms with van der Waals surface area (Å²) in [4.78, 5) is 0. The SMILES string of the molecule is Cc1ccc(C(N)CSC2CCCCC2)cc1Cl. The van der Waals surface area contributed by atoms with E-state index < -0.39 is 0 Å². The normalized spacial score (nSPS) is 18.8. The van der Waals surface area contributed by atoms with Gasteiger partial charge < -0.3 is 5.73 Å². The van der Waals surface area contributed by atoms with Crippen molar-refractivity contribution in [2.45, 2.75) is 50.3 Å².